The Morgan fingerprint density at radius 2 is 2.11 bits per heavy atom. The van der Waals surface area contributed by atoms with Crippen LogP contribution in [-0.2, 0) is 6.54 Å². The first-order chi connectivity index (χ1) is 8.97. The SMILES string of the molecule is CC(O)c1ccc(N(C)Cc2ccc(Cl)s2)c(F)c1. The van der Waals surface area contributed by atoms with Crippen molar-refractivity contribution in [2.24, 2.45) is 0 Å². The lowest BCUT2D eigenvalue weighted by molar-refractivity contribution is 0.199. The fourth-order valence-corrected chi connectivity index (χ4v) is 2.99. The van der Waals surface area contributed by atoms with E-state index in [0.717, 1.165) is 9.21 Å². The predicted octanol–water partition coefficient (Wildman–Crippen LogP) is 4.23. The summed E-state index contributed by atoms with van der Waals surface area (Å²) in [5.41, 5.74) is 1.09. The molecule has 0 amide bonds. The first kappa shape index (κ1) is 14.3. The molecule has 0 saturated carbocycles. The van der Waals surface area contributed by atoms with Gasteiger partial charge in [0.2, 0.25) is 0 Å². The van der Waals surface area contributed by atoms with Gasteiger partial charge in [-0.2, -0.15) is 0 Å². The third-order valence-electron chi connectivity index (χ3n) is 2.89. The minimum atomic E-state index is -0.662. The average molecular weight is 300 g/mol. The van der Waals surface area contributed by atoms with Crippen molar-refractivity contribution in [3.8, 4) is 0 Å². The second-order valence-corrected chi connectivity index (χ2v) is 6.25. The van der Waals surface area contributed by atoms with Crippen molar-refractivity contribution in [1.82, 2.24) is 0 Å². The van der Waals surface area contributed by atoms with Crippen molar-refractivity contribution in [3.05, 3.63) is 50.9 Å². The molecule has 0 bridgehead atoms. The zero-order valence-corrected chi connectivity index (χ0v) is 12.3. The van der Waals surface area contributed by atoms with Gasteiger partial charge in [-0.1, -0.05) is 17.7 Å². The third kappa shape index (κ3) is 3.47. The van der Waals surface area contributed by atoms with Gasteiger partial charge in [0.1, 0.15) is 5.82 Å². The van der Waals surface area contributed by atoms with Gasteiger partial charge >= 0.3 is 0 Å². The molecule has 0 saturated heterocycles. The molecular formula is C14H15ClFNOS. The van der Waals surface area contributed by atoms with E-state index in [1.807, 2.05) is 24.1 Å². The number of hydrogen-bond donors (Lipinski definition) is 1. The molecule has 5 heteroatoms. The van der Waals surface area contributed by atoms with E-state index < -0.39 is 6.10 Å². The van der Waals surface area contributed by atoms with E-state index >= 15 is 0 Å². The minimum absolute atomic E-state index is 0.330. The van der Waals surface area contributed by atoms with Crippen LogP contribution in [0, 0.1) is 5.82 Å². The number of hydrogen-bond acceptors (Lipinski definition) is 3. The molecule has 1 atom stereocenters. The molecule has 1 aromatic carbocycles. The summed E-state index contributed by atoms with van der Waals surface area (Å²) in [5, 5.41) is 9.42. The molecule has 0 aliphatic carbocycles. The summed E-state index contributed by atoms with van der Waals surface area (Å²) in [6.07, 6.45) is -0.662. The molecule has 0 spiro atoms. The Bertz CT molecular complexity index is 570. The summed E-state index contributed by atoms with van der Waals surface area (Å²) in [6, 6.07) is 8.57. The van der Waals surface area contributed by atoms with Crippen LogP contribution in [0.25, 0.3) is 0 Å². The van der Waals surface area contributed by atoms with Crippen LogP contribution >= 0.6 is 22.9 Å². The predicted molar refractivity (Wildman–Crippen MR) is 78.5 cm³/mol. The molecule has 0 aliphatic rings. The topological polar surface area (TPSA) is 23.5 Å². The smallest absolute Gasteiger partial charge is 0.146 e. The molecule has 2 aromatic rings. The molecule has 1 aromatic heterocycles. The molecule has 2 nitrogen and oxygen atoms in total. The van der Waals surface area contributed by atoms with E-state index in [0.29, 0.717) is 17.8 Å². The zero-order chi connectivity index (χ0) is 14.0. The Balaban J connectivity index is 2.17. The maximum atomic E-state index is 14.0. The number of anilines is 1. The Labute approximate surface area is 121 Å². The zero-order valence-electron chi connectivity index (χ0n) is 10.7. The second-order valence-electron chi connectivity index (χ2n) is 4.45. The highest BCUT2D eigenvalue weighted by Crippen LogP contribution is 2.27. The Hall–Kier alpha value is -1.10. The number of rotatable bonds is 4. The number of aliphatic hydroxyl groups is 1. The molecule has 1 unspecified atom stereocenters. The van der Waals surface area contributed by atoms with Crippen molar-refractivity contribution >= 4 is 28.6 Å². The standard InChI is InChI=1S/C14H15ClFNOS/c1-9(18)10-3-5-13(12(16)7-10)17(2)8-11-4-6-14(15)19-11/h3-7,9,18H,8H2,1-2H3. The highest BCUT2D eigenvalue weighted by molar-refractivity contribution is 7.16. The quantitative estimate of drug-likeness (QED) is 0.913. The van der Waals surface area contributed by atoms with E-state index in [9.17, 15) is 9.50 Å². The largest absolute Gasteiger partial charge is 0.389 e. The lowest BCUT2D eigenvalue weighted by atomic mass is 10.1. The summed E-state index contributed by atoms with van der Waals surface area (Å²) in [7, 11) is 1.83. The van der Waals surface area contributed by atoms with Crippen LogP contribution in [0.4, 0.5) is 10.1 Å². The summed E-state index contributed by atoms with van der Waals surface area (Å²) < 4.78 is 14.7. The van der Waals surface area contributed by atoms with Gasteiger partial charge in [-0.25, -0.2) is 4.39 Å². The molecule has 2 rings (SSSR count). The molecule has 0 radical (unpaired) electrons. The van der Waals surface area contributed by atoms with Crippen molar-refractivity contribution in [2.45, 2.75) is 19.6 Å². The second kappa shape index (κ2) is 5.90. The molecule has 0 aliphatic heterocycles. The molecular weight excluding hydrogens is 285 g/mol. The number of benzene rings is 1. The number of nitrogens with zero attached hydrogens (tertiary/aromatic N) is 1. The van der Waals surface area contributed by atoms with Gasteiger partial charge in [0, 0.05) is 11.9 Å². The van der Waals surface area contributed by atoms with Gasteiger partial charge in [0.05, 0.1) is 22.7 Å². The van der Waals surface area contributed by atoms with Crippen LogP contribution in [-0.4, -0.2) is 12.2 Å². The Morgan fingerprint density at radius 1 is 1.37 bits per heavy atom. The third-order valence-corrected chi connectivity index (χ3v) is 4.10. The molecule has 102 valence electrons. The Morgan fingerprint density at radius 3 is 2.63 bits per heavy atom. The van der Waals surface area contributed by atoms with Crippen LogP contribution in [0.3, 0.4) is 0 Å². The molecule has 1 heterocycles. The fourth-order valence-electron chi connectivity index (χ4n) is 1.85. The van der Waals surface area contributed by atoms with E-state index in [1.54, 1.807) is 19.1 Å². The van der Waals surface area contributed by atoms with Crippen LogP contribution in [0.15, 0.2) is 30.3 Å². The first-order valence-electron chi connectivity index (χ1n) is 5.90. The fraction of sp³-hybridized carbons (Fsp3) is 0.286. The summed E-state index contributed by atoms with van der Waals surface area (Å²) in [5.74, 6) is -0.330. The van der Waals surface area contributed by atoms with E-state index in [1.165, 1.54) is 17.4 Å². The average Bonchev–Trinajstić information content (AvgIpc) is 2.74. The van der Waals surface area contributed by atoms with Gasteiger partial charge in [0.25, 0.3) is 0 Å². The van der Waals surface area contributed by atoms with Crippen LogP contribution in [0.5, 0.6) is 0 Å². The maximum Gasteiger partial charge on any atom is 0.146 e. The minimum Gasteiger partial charge on any atom is -0.389 e. The summed E-state index contributed by atoms with van der Waals surface area (Å²) >= 11 is 7.36. The van der Waals surface area contributed by atoms with Gasteiger partial charge in [-0.05, 0) is 36.8 Å². The van der Waals surface area contributed by atoms with Gasteiger partial charge < -0.3 is 10.0 Å². The van der Waals surface area contributed by atoms with Crippen molar-refractivity contribution in [3.63, 3.8) is 0 Å². The van der Waals surface area contributed by atoms with Gasteiger partial charge in [0.15, 0.2) is 0 Å². The van der Waals surface area contributed by atoms with Crippen molar-refractivity contribution in [1.29, 1.82) is 0 Å². The molecule has 19 heavy (non-hydrogen) atoms. The van der Waals surface area contributed by atoms with E-state index in [-0.39, 0.29) is 5.82 Å². The lowest BCUT2D eigenvalue weighted by Gasteiger charge is -2.20. The number of aliphatic hydroxyl groups excluding tert-OH is 1. The van der Waals surface area contributed by atoms with E-state index in [4.69, 9.17) is 11.6 Å². The van der Waals surface area contributed by atoms with Crippen molar-refractivity contribution in [2.75, 3.05) is 11.9 Å². The normalized spacial score (nSPS) is 12.5. The number of halogens is 2. The molecule has 0 fully saturated rings. The van der Waals surface area contributed by atoms with Gasteiger partial charge in [-0.3, -0.25) is 0 Å². The van der Waals surface area contributed by atoms with E-state index in [2.05, 4.69) is 0 Å². The monoisotopic (exact) mass is 299 g/mol. The van der Waals surface area contributed by atoms with Crippen LogP contribution in [0.2, 0.25) is 4.34 Å². The number of thiophene rings is 1. The maximum absolute atomic E-state index is 14.0. The highest BCUT2D eigenvalue weighted by atomic mass is 35.5. The van der Waals surface area contributed by atoms with Crippen molar-refractivity contribution < 1.29 is 9.50 Å². The van der Waals surface area contributed by atoms with Gasteiger partial charge in [-0.15, -0.1) is 11.3 Å². The van der Waals surface area contributed by atoms with Crippen LogP contribution < -0.4 is 4.90 Å². The lowest BCUT2D eigenvalue weighted by Crippen LogP contribution is -2.17. The first-order valence-corrected chi connectivity index (χ1v) is 7.09. The summed E-state index contributed by atoms with van der Waals surface area (Å²) in [6.45, 7) is 2.22. The Kier molecular flexibility index (Phi) is 4.45. The van der Waals surface area contributed by atoms with Crippen LogP contribution in [0.1, 0.15) is 23.5 Å². The molecule has 1 N–H and O–H groups in total. The summed E-state index contributed by atoms with van der Waals surface area (Å²) in [4.78, 5) is 2.90. The highest BCUT2D eigenvalue weighted by Gasteiger charge is 2.11.